The Balaban J connectivity index is 1.44. The van der Waals surface area contributed by atoms with Gasteiger partial charge in [0, 0.05) is 37.4 Å². The van der Waals surface area contributed by atoms with Gasteiger partial charge in [0.05, 0.1) is 19.2 Å². The van der Waals surface area contributed by atoms with Gasteiger partial charge in [0.25, 0.3) is 0 Å². The van der Waals surface area contributed by atoms with E-state index in [-0.39, 0.29) is 18.2 Å². The number of nitrogens with one attached hydrogen (secondary N) is 2. The van der Waals surface area contributed by atoms with E-state index < -0.39 is 6.04 Å². The van der Waals surface area contributed by atoms with Gasteiger partial charge in [-0.25, -0.2) is 9.98 Å². The Morgan fingerprint density at radius 3 is 2.68 bits per heavy atom. The second kappa shape index (κ2) is 9.22. The van der Waals surface area contributed by atoms with E-state index in [9.17, 15) is 9.59 Å². The number of guanidine groups is 1. The first-order valence-corrected chi connectivity index (χ1v) is 10.3. The molecule has 1 fully saturated rings. The van der Waals surface area contributed by atoms with E-state index in [0.29, 0.717) is 35.5 Å². The molecule has 31 heavy (non-hydrogen) atoms. The summed E-state index contributed by atoms with van der Waals surface area (Å²) in [5.41, 5.74) is 0.437. The summed E-state index contributed by atoms with van der Waals surface area (Å²) in [5, 5.41) is 6.04. The molecule has 1 aromatic carbocycles. The molecule has 2 aromatic rings. The summed E-state index contributed by atoms with van der Waals surface area (Å²) in [6.07, 6.45) is 1.75. The molecule has 0 aliphatic carbocycles. The molecular formula is C21H23ClN6O3. The molecule has 162 valence electrons. The minimum atomic E-state index is -0.832. The van der Waals surface area contributed by atoms with Crippen molar-refractivity contribution in [3.05, 3.63) is 47.6 Å². The SMILES string of the molecule is COc1ccc(Cl)cc1NC(=O)C1CC(=O)NC(N2CCN(c3ccccn3)CC2)=N1. The van der Waals surface area contributed by atoms with Gasteiger partial charge >= 0.3 is 0 Å². The maximum atomic E-state index is 12.8. The van der Waals surface area contributed by atoms with E-state index in [0.717, 1.165) is 18.9 Å². The number of anilines is 2. The zero-order valence-electron chi connectivity index (χ0n) is 17.0. The van der Waals surface area contributed by atoms with Crippen molar-refractivity contribution >= 4 is 40.9 Å². The van der Waals surface area contributed by atoms with Gasteiger partial charge < -0.3 is 19.9 Å². The topological polar surface area (TPSA) is 99.2 Å². The van der Waals surface area contributed by atoms with Crippen LogP contribution >= 0.6 is 11.6 Å². The predicted molar refractivity (Wildman–Crippen MR) is 119 cm³/mol. The maximum absolute atomic E-state index is 12.8. The van der Waals surface area contributed by atoms with Crippen molar-refractivity contribution in [2.24, 2.45) is 4.99 Å². The molecule has 2 aliphatic heterocycles. The molecule has 3 heterocycles. The number of halogens is 1. The highest BCUT2D eigenvalue weighted by Crippen LogP contribution is 2.28. The third kappa shape index (κ3) is 4.88. The number of hydrogen-bond donors (Lipinski definition) is 2. The number of aromatic nitrogens is 1. The van der Waals surface area contributed by atoms with Crippen LogP contribution in [-0.4, -0.2) is 67.0 Å². The van der Waals surface area contributed by atoms with Crippen LogP contribution in [-0.2, 0) is 9.59 Å². The summed E-state index contributed by atoms with van der Waals surface area (Å²) < 4.78 is 5.27. The van der Waals surface area contributed by atoms with Gasteiger partial charge in [-0.05, 0) is 30.3 Å². The first-order chi connectivity index (χ1) is 15.0. The highest BCUT2D eigenvalue weighted by molar-refractivity contribution is 6.31. The lowest BCUT2D eigenvalue weighted by Gasteiger charge is -2.38. The molecule has 0 bridgehead atoms. The van der Waals surface area contributed by atoms with Crippen LogP contribution in [0.2, 0.25) is 5.02 Å². The number of hydrogen-bond acceptors (Lipinski definition) is 7. The normalized spacial score (nSPS) is 18.8. The molecule has 2 N–H and O–H groups in total. The fraction of sp³-hybridized carbons (Fsp3) is 0.333. The van der Waals surface area contributed by atoms with Crippen LogP contribution in [0.4, 0.5) is 11.5 Å². The molecule has 10 heteroatoms. The second-order valence-corrected chi connectivity index (χ2v) is 7.65. The average molecular weight is 443 g/mol. The minimum absolute atomic E-state index is 0.0217. The summed E-state index contributed by atoms with van der Waals surface area (Å²) >= 11 is 6.03. The summed E-state index contributed by atoms with van der Waals surface area (Å²) in [7, 11) is 1.51. The summed E-state index contributed by atoms with van der Waals surface area (Å²) in [5.74, 6) is 1.20. The van der Waals surface area contributed by atoms with Gasteiger partial charge in [-0.3, -0.25) is 14.9 Å². The Bertz CT molecular complexity index is 992. The molecule has 2 aliphatic rings. The molecule has 9 nitrogen and oxygen atoms in total. The largest absolute Gasteiger partial charge is 0.495 e. The Labute approximate surface area is 185 Å². The molecule has 1 unspecified atom stereocenters. The highest BCUT2D eigenvalue weighted by Gasteiger charge is 2.31. The molecule has 0 spiro atoms. The minimum Gasteiger partial charge on any atom is -0.495 e. The van der Waals surface area contributed by atoms with Crippen molar-refractivity contribution in [1.29, 1.82) is 0 Å². The molecule has 0 saturated carbocycles. The predicted octanol–water partition coefficient (Wildman–Crippen LogP) is 1.75. The smallest absolute Gasteiger partial charge is 0.249 e. The molecule has 1 saturated heterocycles. The van der Waals surface area contributed by atoms with Crippen molar-refractivity contribution in [3.8, 4) is 5.75 Å². The highest BCUT2D eigenvalue weighted by atomic mass is 35.5. The molecule has 2 amide bonds. The van der Waals surface area contributed by atoms with Crippen LogP contribution in [0, 0.1) is 0 Å². The third-order valence-corrected chi connectivity index (χ3v) is 5.42. The number of carbonyl (C=O) groups excluding carboxylic acids is 2. The number of benzene rings is 1. The van der Waals surface area contributed by atoms with E-state index in [1.165, 1.54) is 7.11 Å². The van der Waals surface area contributed by atoms with Crippen molar-refractivity contribution in [2.75, 3.05) is 43.5 Å². The van der Waals surface area contributed by atoms with Crippen molar-refractivity contribution < 1.29 is 14.3 Å². The van der Waals surface area contributed by atoms with Crippen molar-refractivity contribution in [3.63, 3.8) is 0 Å². The van der Waals surface area contributed by atoms with Crippen LogP contribution in [0.3, 0.4) is 0 Å². The van der Waals surface area contributed by atoms with Crippen molar-refractivity contribution in [2.45, 2.75) is 12.5 Å². The van der Waals surface area contributed by atoms with Gasteiger partial charge in [0.1, 0.15) is 17.6 Å². The summed E-state index contributed by atoms with van der Waals surface area (Å²) in [6, 6.07) is 9.92. The summed E-state index contributed by atoms with van der Waals surface area (Å²) in [6.45, 7) is 2.79. The zero-order valence-corrected chi connectivity index (χ0v) is 17.8. The lowest BCUT2D eigenvalue weighted by molar-refractivity contribution is -0.125. The molecule has 0 radical (unpaired) electrons. The van der Waals surface area contributed by atoms with Crippen molar-refractivity contribution in [1.82, 2.24) is 15.2 Å². The van der Waals surface area contributed by atoms with Gasteiger partial charge in [-0.15, -0.1) is 0 Å². The van der Waals surface area contributed by atoms with Crippen LogP contribution in [0.15, 0.2) is 47.6 Å². The zero-order chi connectivity index (χ0) is 21.8. The lowest BCUT2D eigenvalue weighted by atomic mass is 10.1. The fourth-order valence-corrected chi connectivity index (χ4v) is 3.74. The van der Waals surface area contributed by atoms with Gasteiger partial charge in [0.15, 0.2) is 0 Å². The number of rotatable bonds is 4. The fourth-order valence-electron chi connectivity index (χ4n) is 3.57. The second-order valence-electron chi connectivity index (χ2n) is 7.22. The number of amides is 2. The van der Waals surface area contributed by atoms with Gasteiger partial charge in [-0.1, -0.05) is 17.7 Å². The Morgan fingerprint density at radius 2 is 1.97 bits per heavy atom. The Kier molecular flexibility index (Phi) is 6.22. The maximum Gasteiger partial charge on any atom is 0.249 e. The van der Waals surface area contributed by atoms with Crippen LogP contribution in [0.25, 0.3) is 0 Å². The number of piperazine rings is 1. The standard InChI is InChI=1S/C21H23ClN6O3/c1-31-17-6-5-14(22)12-15(17)24-20(30)16-13-19(29)26-21(25-16)28-10-8-27(9-11-28)18-4-2-3-7-23-18/h2-7,12,16H,8-11,13H2,1H3,(H,24,30)(H,25,26,29). The van der Waals surface area contributed by atoms with E-state index in [1.54, 1.807) is 24.4 Å². The number of pyridine rings is 1. The molecule has 1 atom stereocenters. The number of nitrogens with zero attached hydrogens (tertiary/aromatic N) is 4. The Hall–Kier alpha value is -3.33. The van der Waals surface area contributed by atoms with Crippen LogP contribution in [0.5, 0.6) is 5.75 Å². The molecule has 1 aromatic heterocycles. The number of ether oxygens (including phenoxy) is 1. The van der Waals surface area contributed by atoms with E-state index in [2.05, 4.69) is 25.5 Å². The van der Waals surface area contributed by atoms with E-state index in [4.69, 9.17) is 16.3 Å². The summed E-state index contributed by atoms with van der Waals surface area (Å²) in [4.78, 5) is 38.2. The van der Waals surface area contributed by atoms with Gasteiger partial charge in [-0.2, -0.15) is 0 Å². The monoisotopic (exact) mass is 442 g/mol. The van der Waals surface area contributed by atoms with Crippen LogP contribution < -0.4 is 20.3 Å². The quantitative estimate of drug-likeness (QED) is 0.748. The number of methoxy groups -OCH3 is 1. The number of aliphatic imine (C=N–C) groups is 1. The van der Waals surface area contributed by atoms with Crippen LogP contribution in [0.1, 0.15) is 6.42 Å². The average Bonchev–Trinajstić information content (AvgIpc) is 2.79. The van der Waals surface area contributed by atoms with E-state index >= 15 is 0 Å². The number of carbonyl (C=O) groups is 2. The third-order valence-electron chi connectivity index (χ3n) is 5.18. The van der Waals surface area contributed by atoms with Gasteiger partial charge in [0.2, 0.25) is 17.8 Å². The molecule has 4 rings (SSSR count). The Morgan fingerprint density at radius 1 is 1.19 bits per heavy atom. The van der Waals surface area contributed by atoms with E-state index in [1.807, 2.05) is 23.1 Å². The molecular weight excluding hydrogens is 420 g/mol. The lowest BCUT2D eigenvalue weighted by Crippen LogP contribution is -2.56. The first kappa shape index (κ1) is 20.9. The first-order valence-electron chi connectivity index (χ1n) is 9.96.